The van der Waals surface area contributed by atoms with Crippen LogP contribution in [0.15, 0.2) is 16.0 Å². The van der Waals surface area contributed by atoms with Crippen molar-refractivity contribution in [3.05, 3.63) is 11.0 Å². The third kappa shape index (κ3) is 2.15. The molecule has 1 heterocycles. The highest BCUT2D eigenvalue weighted by atomic mass is 32.2. The van der Waals surface area contributed by atoms with Gasteiger partial charge in [-0.25, -0.2) is 0 Å². The highest BCUT2D eigenvalue weighted by Crippen LogP contribution is 2.19. The molecule has 0 fully saturated rings. The molecule has 0 unspecified atom stereocenters. The van der Waals surface area contributed by atoms with Crippen molar-refractivity contribution in [2.24, 2.45) is 4.99 Å². The van der Waals surface area contributed by atoms with Gasteiger partial charge in [-0.15, -0.1) is 0 Å². The van der Waals surface area contributed by atoms with Gasteiger partial charge in [0.1, 0.15) is 0 Å². The Hall–Kier alpha value is -0.280. The lowest BCUT2D eigenvalue weighted by atomic mass is 10.5. The Morgan fingerprint density at radius 3 is 3.20 bits per heavy atom. The van der Waals surface area contributed by atoms with Crippen LogP contribution in [-0.2, 0) is 0 Å². The predicted molar refractivity (Wildman–Crippen MR) is 47.6 cm³/mol. The second-order valence-electron chi connectivity index (χ2n) is 2.16. The molecule has 3 heteroatoms. The van der Waals surface area contributed by atoms with Crippen LogP contribution in [-0.4, -0.2) is 25.2 Å². The maximum atomic E-state index is 4.24. The molecule has 10 heavy (non-hydrogen) atoms. The van der Waals surface area contributed by atoms with Crippen molar-refractivity contribution in [1.29, 1.82) is 0 Å². The molecular formula is C7H12N2S. The van der Waals surface area contributed by atoms with Gasteiger partial charge in [0, 0.05) is 11.4 Å². The van der Waals surface area contributed by atoms with Gasteiger partial charge >= 0.3 is 0 Å². The Bertz CT molecular complexity index is 172. The molecule has 0 aromatic rings. The number of hydrogen-bond donors (Lipinski definition) is 1. The summed E-state index contributed by atoms with van der Waals surface area (Å²) in [7, 11) is 1.96. The molecule has 0 atom stereocenters. The quantitative estimate of drug-likeness (QED) is 0.651. The summed E-state index contributed by atoms with van der Waals surface area (Å²) in [4.78, 5) is 5.62. The predicted octanol–water partition coefficient (Wildman–Crippen LogP) is 1.25. The molecule has 56 valence electrons. The smallest absolute Gasteiger partial charge is 0.0693 e. The van der Waals surface area contributed by atoms with E-state index in [1.807, 2.05) is 14.0 Å². The summed E-state index contributed by atoms with van der Waals surface area (Å²) in [5.41, 5.74) is 0. The summed E-state index contributed by atoms with van der Waals surface area (Å²) in [6, 6.07) is 0. The molecule has 2 nitrogen and oxygen atoms in total. The van der Waals surface area contributed by atoms with E-state index in [-0.39, 0.29) is 0 Å². The standard InChI is InChI=1S/C7H12N2S/c1-6-9-4-3-7(10-6)5-8-2/h3,8H,4-5H2,1-2H3. The number of nitrogens with zero attached hydrogens (tertiary/aromatic N) is 1. The molecule has 1 aliphatic rings. The maximum absolute atomic E-state index is 4.24. The highest BCUT2D eigenvalue weighted by molar-refractivity contribution is 8.17. The van der Waals surface area contributed by atoms with Gasteiger partial charge in [0.15, 0.2) is 0 Å². The number of likely N-dealkylation sites (N-methyl/N-ethyl adjacent to an activating group) is 1. The maximum Gasteiger partial charge on any atom is 0.0693 e. The van der Waals surface area contributed by atoms with Gasteiger partial charge in [0.25, 0.3) is 0 Å². The molecule has 0 saturated carbocycles. The van der Waals surface area contributed by atoms with Crippen molar-refractivity contribution >= 4 is 16.8 Å². The topological polar surface area (TPSA) is 24.4 Å². The summed E-state index contributed by atoms with van der Waals surface area (Å²) >= 11 is 1.76. The first-order valence-electron chi connectivity index (χ1n) is 3.35. The summed E-state index contributed by atoms with van der Waals surface area (Å²) in [5.74, 6) is 0. The van der Waals surface area contributed by atoms with E-state index in [0.29, 0.717) is 0 Å². The number of aliphatic imine (C=N–C) groups is 1. The van der Waals surface area contributed by atoms with Crippen LogP contribution < -0.4 is 5.32 Å². The third-order valence-corrected chi connectivity index (χ3v) is 2.26. The summed E-state index contributed by atoms with van der Waals surface area (Å²) in [6.45, 7) is 3.88. The molecule has 1 N–H and O–H groups in total. The third-order valence-electron chi connectivity index (χ3n) is 1.26. The van der Waals surface area contributed by atoms with Crippen LogP contribution in [0.5, 0.6) is 0 Å². The number of thioether (sulfide) groups is 1. The van der Waals surface area contributed by atoms with Crippen molar-refractivity contribution in [2.45, 2.75) is 6.92 Å². The first-order chi connectivity index (χ1) is 4.83. The van der Waals surface area contributed by atoms with Crippen LogP contribution in [0.2, 0.25) is 0 Å². The van der Waals surface area contributed by atoms with Crippen molar-refractivity contribution < 1.29 is 0 Å². The van der Waals surface area contributed by atoms with Crippen LogP contribution in [0.25, 0.3) is 0 Å². The van der Waals surface area contributed by atoms with E-state index in [1.54, 1.807) is 11.8 Å². The zero-order chi connectivity index (χ0) is 7.40. The van der Waals surface area contributed by atoms with Crippen LogP contribution in [0.3, 0.4) is 0 Å². The molecule has 0 aromatic carbocycles. The van der Waals surface area contributed by atoms with Crippen molar-refractivity contribution in [1.82, 2.24) is 5.32 Å². The van der Waals surface area contributed by atoms with E-state index in [1.165, 1.54) is 9.95 Å². The number of rotatable bonds is 2. The van der Waals surface area contributed by atoms with Gasteiger partial charge in [-0.2, -0.15) is 0 Å². The molecule has 0 aromatic heterocycles. The molecule has 1 aliphatic heterocycles. The van der Waals surface area contributed by atoms with Gasteiger partial charge in [0.2, 0.25) is 0 Å². The Morgan fingerprint density at radius 2 is 2.60 bits per heavy atom. The normalized spacial score (nSPS) is 18.2. The van der Waals surface area contributed by atoms with Crippen LogP contribution in [0.4, 0.5) is 0 Å². The monoisotopic (exact) mass is 156 g/mol. The largest absolute Gasteiger partial charge is 0.315 e. The molecule has 0 saturated heterocycles. The SMILES string of the molecule is CNCC1=CCN=C(C)S1. The molecule has 0 radical (unpaired) electrons. The average Bonchev–Trinajstić information content (AvgIpc) is 1.88. The fourth-order valence-electron chi connectivity index (χ4n) is 0.822. The van der Waals surface area contributed by atoms with Crippen molar-refractivity contribution in [3.8, 4) is 0 Å². The van der Waals surface area contributed by atoms with Crippen molar-refractivity contribution in [3.63, 3.8) is 0 Å². The molecule has 0 amide bonds. The average molecular weight is 156 g/mol. The Morgan fingerprint density at radius 1 is 1.80 bits per heavy atom. The van der Waals surface area contributed by atoms with Crippen LogP contribution >= 0.6 is 11.8 Å². The minimum atomic E-state index is 0.857. The lowest BCUT2D eigenvalue weighted by Crippen LogP contribution is -2.11. The highest BCUT2D eigenvalue weighted by Gasteiger charge is 2.02. The summed E-state index contributed by atoms with van der Waals surface area (Å²) in [5, 5.41) is 4.29. The van der Waals surface area contributed by atoms with Gasteiger partial charge in [0.05, 0.1) is 11.6 Å². The molecule has 1 rings (SSSR count). The zero-order valence-corrected chi connectivity index (χ0v) is 7.16. The van der Waals surface area contributed by atoms with E-state index in [4.69, 9.17) is 0 Å². The van der Waals surface area contributed by atoms with E-state index in [2.05, 4.69) is 16.4 Å². The van der Waals surface area contributed by atoms with Gasteiger partial charge in [-0.05, 0) is 14.0 Å². The Labute approximate surface area is 65.8 Å². The van der Waals surface area contributed by atoms with E-state index >= 15 is 0 Å². The van der Waals surface area contributed by atoms with Gasteiger partial charge < -0.3 is 5.32 Å². The summed E-state index contributed by atoms with van der Waals surface area (Å²) < 4.78 is 0. The minimum absolute atomic E-state index is 0.857. The van der Waals surface area contributed by atoms with Crippen LogP contribution in [0.1, 0.15) is 6.92 Å². The fraction of sp³-hybridized carbons (Fsp3) is 0.571. The van der Waals surface area contributed by atoms with Crippen molar-refractivity contribution in [2.75, 3.05) is 20.1 Å². The minimum Gasteiger partial charge on any atom is -0.315 e. The fourth-order valence-corrected chi connectivity index (χ4v) is 1.72. The molecule has 0 aliphatic carbocycles. The molecular weight excluding hydrogens is 144 g/mol. The lowest BCUT2D eigenvalue weighted by Gasteiger charge is -2.09. The first-order valence-corrected chi connectivity index (χ1v) is 4.17. The van der Waals surface area contributed by atoms with Gasteiger partial charge in [-0.1, -0.05) is 17.8 Å². The van der Waals surface area contributed by atoms with E-state index < -0.39 is 0 Å². The van der Waals surface area contributed by atoms with Gasteiger partial charge in [-0.3, -0.25) is 4.99 Å². The Kier molecular flexibility index (Phi) is 2.96. The van der Waals surface area contributed by atoms with Crippen LogP contribution in [0, 0.1) is 0 Å². The Balaban J connectivity index is 2.41. The number of hydrogen-bond acceptors (Lipinski definition) is 3. The lowest BCUT2D eigenvalue weighted by molar-refractivity contribution is 0.907. The summed E-state index contributed by atoms with van der Waals surface area (Å²) in [6.07, 6.45) is 2.16. The van der Waals surface area contributed by atoms with E-state index in [0.717, 1.165) is 13.1 Å². The molecule has 0 bridgehead atoms. The second-order valence-corrected chi connectivity index (χ2v) is 3.48. The first kappa shape index (κ1) is 7.82. The molecule has 0 spiro atoms. The van der Waals surface area contributed by atoms with E-state index in [9.17, 15) is 0 Å². The zero-order valence-electron chi connectivity index (χ0n) is 6.35. The number of nitrogens with one attached hydrogen (secondary N) is 1. The second kappa shape index (κ2) is 3.78.